The van der Waals surface area contributed by atoms with Crippen LogP contribution in [0.1, 0.15) is 0 Å². The molecule has 50 valence electrons. The summed E-state index contributed by atoms with van der Waals surface area (Å²) < 4.78 is 13.7. The first-order chi connectivity index (χ1) is 4.86. The summed E-state index contributed by atoms with van der Waals surface area (Å²) in [5, 5.41) is 1.18. The maximum atomic E-state index is 12.5. The van der Waals surface area contributed by atoms with Crippen molar-refractivity contribution in [3.63, 3.8) is 0 Å². The minimum atomic E-state index is -0.121. The number of halogens is 1. The fraction of sp³-hybridized carbons (Fsp3) is 0. The van der Waals surface area contributed by atoms with Crippen molar-refractivity contribution in [2.24, 2.45) is 0 Å². The normalized spacial score (nSPS) is 10.5. The first kappa shape index (κ1) is 6.14. The van der Waals surface area contributed by atoms with Crippen LogP contribution >= 0.6 is 0 Å². The predicted molar refractivity (Wildman–Crippen MR) is 40.8 cm³/mol. The molecule has 0 fully saturated rings. The fourth-order valence-corrected chi connectivity index (χ4v) is 2.64. The van der Waals surface area contributed by atoms with Gasteiger partial charge in [-0.1, -0.05) is 0 Å². The van der Waals surface area contributed by atoms with Crippen molar-refractivity contribution in [3.05, 3.63) is 35.0 Å². The van der Waals surface area contributed by atoms with Gasteiger partial charge in [0, 0.05) is 0 Å². The Morgan fingerprint density at radius 1 is 1.20 bits per heavy atom. The van der Waals surface area contributed by atoms with Gasteiger partial charge in [-0.15, -0.1) is 0 Å². The van der Waals surface area contributed by atoms with E-state index < -0.39 is 0 Å². The van der Waals surface area contributed by atoms with Crippen LogP contribution in [-0.4, -0.2) is 14.5 Å². The van der Waals surface area contributed by atoms with E-state index in [1.807, 2.05) is 6.07 Å². The van der Waals surface area contributed by atoms with Crippen LogP contribution in [0.25, 0.3) is 9.65 Å². The molecule has 0 saturated heterocycles. The molecular weight excluding hydrogens is 194 g/mol. The van der Waals surface area contributed by atoms with Crippen molar-refractivity contribution in [1.82, 2.24) is 0 Å². The second-order valence-corrected chi connectivity index (χ2v) is 4.09. The molecule has 2 heteroatoms. The second-order valence-electron chi connectivity index (χ2n) is 2.10. The molecule has 0 bridgehead atoms. The fourth-order valence-electron chi connectivity index (χ4n) is 0.929. The third kappa shape index (κ3) is 0.898. The number of hydrogen-bond donors (Lipinski definition) is 0. The molecule has 0 aliphatic carbocycles. The van der Waals surface area contributed by atoms with E-state index >= 15 is 0 Å². The van der Waals surface area contributed by atoms with Gasteiger partial charge in [0.2, 0.25) is 0 Å². The predicted octanol–water partition coefficient (Wildman–Crippen LogP) is 2.04. The molecule has 2 aromatic rings. The van der Waals surface area contributed by atoms with Crippen molar-refractivity contribution in [1.29, 1.82) is 0 Å². The molecule has 0 nitrogen and oxygen atoms in total. The molecule has 0 spiro atoms. The van der Waals surface area contributed by atoms with Crippen molar-refractivity contribution in [2.75, 3.05) is 0 Å². The van der Waals surface area contributed by atoms with Gasteiger partial charge in [-0.25, -0.2) is 0 Å². The maximum absolute atomic E-state index is 12.5. The van der Waals surface area contributed by atoms with Crippen LogP contribution in [0, 0.1) is 5.82 Å². The van der Waals surface area contributed by atoms with Gasteiger partial charge in [-0.05, 0) is 0 Å². The van der Waals surface area contributed by atoms with Crippen LogP contribution in [-0.2, 0) is 0 Å². The third-order valence-electron chi connectivity index (χ3n) is 1.42. The van der Waals surface area contributed by atoms with Gasteiger partial charge in [0.1, 0.15) is 0 Å². The molecule has 0 aliphatic rings. The van der Waals surface area contributed by atoms with E-state index in [0.717, 1.165) is 4.26 Å². The standard InChI is InChI=1S/C8H5FSe/c9-7-2-1-6-3-4-10-8(6)5-7/h1-5H. The average molecular weight is 199 g/mol. The number of hydrogen-bond acceptors (Lipinski definition) is 0. The monoisotopic (exact) mass is 200 g/mol. The van der Waals surface area contributed by atoms with Gasteiger partial charge in [0.05, 0.1) is 0 Å². The molecule has 1 aromatic heterocycles. The summed E-state index contributed by atoms with van der Waals surface area (Å²) in [6.07, 6.45) is 0. The van der Waals surface area contributed by atoms with E-state index in [1.165, 1.54) is 11.5 Å². The van der Waals surface area contributed by atoms with Gasteiger partial charge in [0.25, 0.3) is 0 Å². The van der Waals surface area contributed by atoms with E-state index in [-0.39, 0.29) is 5.82 Å². The van der Waals surface area contributed by atoms with Crippen LogP contribution in [0.4, 0.5) is 4.39 Å². The Balaban J connectivity index is 2.86. The molecule has 10 heavy (non-hydrogen) atoms. The van der Waals surface area contributed by atoms with E-state index in [1.54, 1.807) is 6.07 Å². The quantitative estimate of drug-likeness (QED) is 0.569. The summed E-state index contributed by atoms with van der Waals surface area (Å²) in [4.78, 5) is 2.11. The molecule has 2 rings (SSSR count). The average Bonchev–Trinajstić information content (AvgIpc) is 2.33. The summed E-state index contributed by atoms with van der Waals surface area (Å²) >= 11 is 0.372. The van der Waals surface area contributed by atoms with Crippen LogP contribution in [0.15, 0.2) is 29.2 Å². The van der Waals surface area contributed by atoms with Gasteiger partial charge in [0.15, 0.2) is 0 Å². The van der Waals surface area contributed by atoms with Crippen molar-refractivity contribution < 1.29 is 4.39 Å². The van der Waals surface area contributed by atoms with Crippen LogP contribution in [0.2, 0.25) is 0 Å². The van der Waals surface area contributed by atoms with Crippen molar-refractivity contribution >= 4 is 24.1 Å². The van der Waals surface area contributed by atoms with E-state index in [9.17, 15) is 4.39 Å². The minimum absolute atomic E-state index is 0.121. The summed E-state index contributed by atoms with van der Waals surface area (Å²) in [6, 6.07) is 7.00. The Morgan fingerprint density at radius 3 is 3.00 bits per heavy atom. The zero-order chi connectivity index (χ0) is 6.97. The van der Waals surface area contributed by atoms with E-state index in [2.05, 4.69) is 11.0 Å². The Bertz CT molecular complexity index is 351. The van der Waals surface area contributed by atoms with Gasteiger partial charge in [-0.2, -0.15) is 0 Å². The molecule has 0 unspecified atom stereocenters. The van der Waals surface area contributed by atoms with Crippen molar-refractivity contribution in [3.8, 4) is 0 Å². The Hall–Kier alpha value is -0.591. The van der Waals surface area contributed by atoms with Crippen LogP contribution in [0.3, 0.4) is 0 Å². The number of rotatable bonds is 0. The first-order valence-corrected chi connectivity index (χ1v) is 4.83. The molecule has 0 saturated carbocycles. The number of fused-ring (bicyclic) bond motifs is 1. The van der Waals surface area contributed by atoms with Gasteiger partial charge in [-0.3, -0.25) is 0 Å². The molecule has 0 N–H and O–H groups in total. The Labute approximate surface area is 64.0 Å². The second kappa shape index (κ2) is 2.22. The Morgan fingerprint density at radius 2 is 2.10 bits per heavy atom. The van der Waals surface area contributed by atoms with Gasteiger partial charge >= 0.3 is 63.6 Å². The van der Waals surface area contributed by atoms with Crippen LogP contribution < -0.4 is 0 Å². The number of benzene rings is 1. The summed E-state index contributed by atoms with van der Waals surface area (Å²) in [5.74, 6) is -0.121. The molecule has 1 aromatic carbocycles. The topological polar surface area (TPSA) is 0 Å². The molecule has 1 heterocycles. The Kier molecular flexibility index (Phi) is 1.37. The molecule has 0 radical (unpaired) electrons. The summed E-state index contributed by atoms with van der Waals surface area (Å²) in [6.45, 7) is 0. The third-order valence-corrected chi connectivity index (χ3v) is 3.26. The molecule has 0 atom stereocenters. The van der Waals surface area contributed by atoms with Crippen LogP contribution in [0.5, 0.6) is 0 Å². The van der Waals surface area contributed by atoms with E-state index in [0.29, 0.717) is 14.5 Å². The summed E-state index contributed by atoms with van der Waals surface area (Å²) in [5.41, 5.74) is 0. The summed E-state index contributed by atoms with van der Waals surface area (Å²) in [7, 11) is 0. The molecule has 0 amide bonds. The van der Waals surface area contributed by atoms with Gasteiger partial charge < -0.3 is 0 Å². The zero-order valence-corrected chi connectivity index (χ0v) is 6.89. The van der Waals surface area contributed by atoms with E-state index in [4.69, 9.17) is 0 Å². The first-order valence-electron chi connectivity index (χ1n) is 2.99. The molecular formula is C8H5FSe. The SMILES string of the molecule is Fc1ccc2cc[se]c2c1. The zero-order valence-electron chi connectivity index (χ0n) is 5.17. The van der Waals surface area contributed by atoms with Crippen molar-refractivity contribution in [2.45, 2.75) is 0 Å². The molecule has 0 aliphatic heterocycles.